The average Bonchev–Trinajstić information content (AvgIpc) is 2.80. The lowest BCUT2D eigenvalue weighted by Crippen LogP contribution is -2.56. The first-order valence-electron chi connectivity index (χ1n) is 7.79. The molecule has 0 bridgehead atoms. The van der Waals surface area contributed by atoms with Crippen LogP contribution in [-0.2, 0) is 0 Å². The summed E-state index contributed by atoms with van der Waals surface area (Å²) in [4.78, 5) is 7.46. The minimum absolute atomic E-state index is 0.214. The molecule has 0 amide bonds. The van der Waals surface area contributed by atoms with Crippen molar-refractivity contribution in [2.45, 2.75) is 45.2 Å². The van der Waals surface area contributed by atoms with Gasteiger partial charge in [-0.3, -0.25) is 9.80 Å². The molecule has 1 heterocycles. The van der Waals surface area contributed by atoms with Crippen LogP contribution in [0.1, 0.15) is 33.6 Å². The number of likely N-dealkylation sites (N-methyl/N-ethyl adjacent to an activating group) is 1. The number of rotatable bonds is 8. The molecule has 1 aliphatic heterocycles. The summed E-state index contributed by atoms with van der Waals surface area (Å²) in [6, 6.07) is 0.633. The number of nitrogens with zero attached hydrogens (tertiary/aromatic N) is 3. The van der Waals surface area contributed by atoms with Crippen molar-refractivity contribution in [3.63, 3.8) is 0 Å². The summed E-state index contributed by atoms with van der Waals surface area (Å²) < 4.78 is 0. The van der Waals surface area contributed by atoms with Gasteiger partial charge in [-0.1, -0.05) is 6.92 Å². The largest absolute Gasteiger partial charge is 0.329 e. The molecule has 0 aromatic rings. The third-order valence-corrected chi connectivity index (χ3v) is 4.56. The van der Waals surface area contributed by atoms with Crippen molar-refractivity contribution >= 4 is 0 Å². The Kier molecular flexibility index (Phi) is 6.74. The maximum atomic E-state index is 6.16. The highest BCUT2D eigenvalue weighted by Crippen LogP contribution is 2.28. The van der Waals surface area contributed by atoms with Crippen LogP contribution in [0, 0.1) is 0 Å². The molecule has 0 saturated carbocycles. The van der Waals surface area contributed by atoms with Gasteiger partial charge in [-0.25, -0.2) is 0 Å². The summed E-state index contributed by atoms with van der Waals surface area (Å²) in [5.74, 6) is 0. The van der Waals surface area contributed by atoms with E-state index >= 15 is 0 Å². The number of nitrogens with two attached hydrogens (primary N) is 1. The van der Waals surface area contributed by atoms with Crippen molar-refractivity contribution in [2.75, 3.05) is 53.4 Å². The topological polar surface area (TPSA) is 35.7 Å². The van der Waals surface area contributed by atoms with Crippen molar-refractivity contribution in [1.29, 1.82) is 0 Å². The van der Waals surface area contributed by atoms with Crippen LogP contribution in [0.5, 0.6) is 0 Å². The summed E-state index contributed by atoms with van der Waals surface area (Å²) in [6.07, 6.45) is 2.45. The number of likely N-dealkylation sites (tertiary alicyclic amines) is 1. The zero-order valence-corrected chi connectivity index (χ0v) is 13.7. The second-order valence-corrected chi connectivity index (χ2v) is 6.48. The molecule has 0 aromatic heterocycles. The minimum atomic E-state index is 0.214. The zero-order chi connectivity index (χ0) is 14.5. The van der Waals surface area contributed by atoms with Crippen LogP contribution >= 0.6 is 0 Å². The third-order valence-electron chi connectivity index (χ3n) is 4.56. The highest BCUT2D eigenvalue weighted by molar-refractivity contribution is 5.00. The molecule has 0 spiro atoms. The summed E-state index contributed by atoms with van der Waals surface area (Å²) in [5, 5.41) is 0. The molecule has 4 heteroatoms. The van der Waals surface area contributed by atoms with E-state index in [0.29, 0.717) is 6.04 Å². The fourth-order valence-corrected chi connectivity index (χ4v) is 3.19. The molecule has 1 aliphatic rings. The highest BCUT2D eigenvalue weighted by Gasteiger charge is 2.41. The molecule has 1 unspecified atom stereocenters. The first-order valence-corrected chi connectivity index (χ1v) is 7.79. The van der Waals surface area contributed by atoms with Gasteiger partial charge in [0.05, 0.1) is 0 Å². The van der Waals surface area contributed by atoms with Crippen LogP contribution in [-0.4, -0.2) is 79.6 Å². The van der Waals surface area contributed by atoms with E-state index in [1.54, 1.807) is 0 Å². The van der Waals surface area contributed by atoms with Gasteiger partial charge in [0.15, 0.2) is 0 Å². The van der Waals surface area contributed by atoms with Crippen molar-refractivity contribution < 1.29 is 0 Å². The molecular formula is C15H34N4. The lowest BCUT2D eigenvalue weighted by atomic mass is 9.95. The Hall–Kier alpha value is -0.160. The summed E-state index contributed by atoms with van der Waals surface area (Å²) in [7, 11) is 4.29. The predicted octanol–water partition coefficient (Wildman–Crippen LogP) is 1.07. The smallest absolute Gasteiger partial charge is 0.0470 e. The second-order valence-electron chi connectivity index (χ2n) is 6.48. The van der Waals surface area contributed by atoms with Gasteiger partial charge < -0.3 is 10.6 Å². The van der Waals surface area contributed by atoms with E-state index in [9.17, 15) is 0 Å². The molecule has 0 aliphatic carbocycles. The van der Waals surface area contributed by atoms with Gasteiger partial charge in [-0.05, 0) is 60.4 Å². The highest BCUT2D eigenvalue weighted by atomic mass is 15.3. The quantitative estimate of drug-likeness (QED) is 0.716. The van der Waals surface area contributed by atoms with E-state index in [4.69, 9.17) is 5.73 Å². The fourth-order valence-electron chi connectivity index (χ4n) is 3.19. The first-order chi connectivity index (χ1) is 8.95. The lowest BCUT2D eigenvalue weighted by molar-refractivity contribution is 0.0957. The summed E-state index contributed by atoms with van der Waals surface area (Å²) in [5.41, 5.74) is 6.37. The third kappa shape index (κ3) is 4.42. The van der Waals surface area contributed by atoms with Gasteiger partial charge in [0.25, 0.3) is 0 Å². The molecule has 1 atom stereocenters. The second kappa shape index (κ2) is 7.58. The molecule has 1 rings (SSSR count). The Morgan fingerprint density at radius 2 is 1.95 bits per heavy atom. The van der Waals surface area contributed by atoms with Crippen LogP contribution in [0.3, 0.4) is 0 Å². The molecule has 0 aromatic carbocycles. The van der Waals surface area contributed by atoms with Crippen LogP contribution in [0.15, 0.2) is 0 Å². The standard InChI is InChI=1S/C15H34N4/c1-6-19(10-7-9-17(4)5)15(12-16)8-11-18(13-15)14(2)3/h14H,6-13,16H2,1-5H3. The lowest BCUT2D eigenvalue weighted by Gasteiger charge is -2.40. The Labute approximate surface area is 119 Å². The maximum Gasteiger partial charge on any atom is 0.0470 e. The summed E-state index contributed by atoms with van der Waals surface area (Å²) in [6.45, 7) is 13.4. The Bertz CT molecular complexity index is 255. The van der Waals surface area contributed by atoms with Crippen molar-refractivity contribution in [3.05, 3.63) is 0 Å². The van der Waals surface area contributed by atoms with E-state index in [1.165, 1.54) is 19.4 Å². The molecule has 4 nitrogen and oxygen atoms in total. The first kappa shape index (κ1) is 16.9. The molecule has 19 heavy (non-hydrogen) atoms. The van der Waals surface area contributed by atoms with Gasteiger partial charge >= 0.3 is 0 Å². The molecular weight excluding hydrogens is 236 g/mol. The Morgan fingerprint density at radius 1 is 1.26 bits per heavy atom. The average molecular weight is 270 g/mol. The SMILES string of the molecule is CCN(CCCN(C)C)C1(CN)CCN(C(C)C)C1. The van der Waals surface area contributed by atoms with Crippen LogP contribution in [0.2, 0.25) is 0 Å². The van der Waals surface area contributed by atoms with Gasteiger partial charge in [-0.15, -0.1) is 0 Å². The van der Waals surface area contributed by atoms with Crippen molar-refractivity contribution in [3.8, 4) is 0 Å². The summed E-state index contributed by atoms with van der Waals surface area (Å²) >= 11 is 0. The number of hydrogen-bond acceptors (Lipinski definition) is 4. The monoisotopic (exact) mass is 270 g/mol. The Balaban J connectivity index is 2.60. The van der Waals surface area contributed by atoms with Gasteiger partial charge in [0.2, 0.25) is 0 Å². The molecule has 2 N–H and O–H groups in total. The van der Waals surface area contributed by atoms with E-state index in [1.807, 2.05) is 0 Å². The van der Waals surface area contributed by atoms with Gasteiger partial charge in [0, 0.05) is 31.2 Å². The van der Waals surface area contributed by atoms with E-state index in [2.05, 4.69) is 49.6 Å². The zero-order valence-electron chi connectivity index (χ0n) is 13.7. The minimum Gasteiger partial charge on any atom is -0.329 e. The molecule has 1 fully saturated rings. The predicted molar refractivity (Wildman–Crippen MR) is 83.5 cm³/mol. The van der Waals surface area contributed by atoms with Crippen LogP contribution < -0.4 is 5.73 Å². The van der Waals surface area contributed by atoms with E-state index in [-0.39, 0.29) is 5.54 Å². The molecule has 1 saturated heterocycles. The van der Waals surface area contributed by atoms with Gasteiger partial charge in [0.1, 0.15) is 0 Å². The van der Waals surface area contributed by atoms with Crippen LogP contribution in [0.4, 0.5) is 0 Å². The Morgan fingerprint density at radius 3 is 2.37 bits per heavy atom. The normalized spacial score (nSPS) is 25.1. The van der Waals surface area contributed by atoms with Crippen LogP contribution in [0.25, 0.3) is 0 Å². The van der Waals surface area contributed by atoms with Crippen molar-refractivity contribution in [2.24, 2.45) is 5.73 Å². The van der Waals surface area contributed by atoms with Gasteiger partial charge in [-0.2, -0.15) is 0 Å². The molecule has 0 radical (unpaired) electrons. The fraction of sp³-hybridized carbons (Fsp3) is 1.00. The maximum absolute atomic E-state index is 6.16. The molecule has 114 valence electrons. The van der Waals surface area contributed by atoms with E-state index < -0.39 is 0 Å². The van der Waals surface area contributed by atoms with E-state index in [0.717, 1.165) is 32.7 Å². The van der Waals surface area contributed by atoms with Crippen molar-refractivity contribution in [1.82, 2.24) is 14.7 Å². The number of hydrogen-bond donors (Lipinski definition) is 1.